The number of amides is 1. The summed E-state index contributed by atoms with van der Waals surface area (Å²) in [6.45, 7) is 4.17. The van der Waals surface area contributed by atoms with E-state index in [0.717, 1.165) is 30.0 Å². The number of nitrogens with zero attached hydrogens (tertiary/aromatic N) is 4. The summed E-state index contributed by atoms with van der Waals surface area (Å²) < 4.78 is 1.81. The van der Waals surface area contributed by atoms with Crippen molar-refractivity contribution < 1.29 is 4.79 Å². The number of carbonyl (C=O) groups is 1. The van der Waals surface area contributed by atoms with E-state index in [1.165, 1.54) is 0 Å². The summed E-state index contributed by atoms with van der Waals surface area (Å²) in [4.78, 5) is 19.2. The molecular weight excluding hydrogens is 326 g/mol. The van der Waals surface area contributed by atoms with Crippen LogP contribution in [-0.2, 0) is 0 Å². The van der Waals surface area contributed by atoms with Crippen LogP contribution in [-0.4, -0.2) is 45.2 Å². The van der Waals surface area contributed by atoms with Gasteiger partial charge in [-0.15, -0.1) is 0 Å². The lowest BCUT2D eigenvalue weighted by molar-refractivity contribution is 0.0634. The van der Waals surface area contributed by atoms with Crippen LogP contribution in [0.2, 0.25) is 0 Å². The van der Waals surface area contributed by atoms with Crippen molar-refractivity contribution in [2.24, 2.45) is 0 Å². The predicted molar refractivity (Wildman–Crippen MR) is 99.2 cm³/mol. The van der Waals surface area contributed by atoms with Gasteiger partial charge in [0.05, 0.1) is 17.4 Å². The lowest BCUT2D eigenvalue weighted by Gasteiger charge is -2.36. The van der Waals surface area contributed by atoms with Crippen LogP contribution in [0.15, 0.2) is 61.1 Å². The first-order valence-corrected chi connectivity index (χ1v) is 8.77. The quantitative estimate of drug-likeness (QED) is 0.790. The van der Waals surface area contributed by atoms with E-state index in [2.05, 4.69) is 15.4 Å². The number of aromatic nitrogens is 3. The van der Waals surface area contributed by atoms with Gasteiger partial charge in [-0.2, -0.15) is 5.10 Å². The van der Waals surface area contributed by atoms with E-state index in [-0.39, 0.29) is 11.9 Å². The Labute approximate surface area is 152 Å². The van der Waals surface area contributed by atoms with Gasteiger partial charge in [0.1, 0.15) is 0 Å². The van der Waals surface area contributed by atoms with Gasteiger partial charge in [0.25, 0.3) is 5.91 Å². The molecule has 0 saturated carbocycles. The van der Waals surface area contributed by atoms with Crippen molar-refractivity contribution in [2.75, 3.05) is 19.6 Å². The molecule has 0 aliphatic carbocycles. The molecule has 1 aliphatic heterocycles. The normalized spacial score (nSPS) is 17.3. The van der Waals surface area contributed by atoms with Gasteiger partial charge in [-0.3, -0.25) is 9.78 Å². The monoisotopic (exact) mass is 347 g/mol. The summed E-state index contributed by atoms with van der Waals surface area (Å²) in [6, 6.07) is 13.5. The SMILES string of the molecule is Cc1ccn(-c2ccc(C(=O)N3CCNCC3c3cccnc3)cc2)n1. The van der Waals surface area contributed by atoms with Gasteiger partial charge in [0.15, 0.2) is 0 Å². The number of rotatable bonds is 3. The van der Waals surface area contributed by atoms with Crippen LogP contribution in [0.4, 0.5) is 0 Å². The van der Waals surface area contributed by atoms with Crippen LogP contribution in [0.1, 0.15) is 27.7 Å². The molecule has 26 heavy (non-hydrogen) atoms. The first kappa shape index (κ1) is 16.5. The fraction of sp³-hybridized carbons (Fsp3) is 0.250. The third-order valence-electron chi connectivity index (χ3n) is 4.67. The highest BCUT2D eigenvalue weighted by atomic mass is 16.2. The number of carbonyl (C=O) groups excluding carboxylic acids is 1. The Kier molecular flexibility index (Phi) is 4.50. The molecule has 3 heterocycles. The molecule has 4 rings (SSSR count). The maximum atomic E-state index is 13.1. The van der Waals surface area contributed by atoms with E-state index in [4.69, 9.17) is 0 Å². The number of hydrogen-bond acceptors (Lipinski definition) is 4. The number of benzene rings is 1. The lowest BCUT2D eigenvalue weighted by Crippen LogP contribution is -2.48. The van der Waals surface area contributed by atoms with E-state index < -0.39 is 0 Å². The molecule has 0 radical (unpaired) electrons. The summed E-state index contributed by atoms with van der Waals surface area (Å²) in [5.74, 6) is 0.0450. The van der Waals surface area contributed by atoms with E-state index in [1.807, 2.05) is 71.4 Å². The molecule has 6 heteroatoms. The third kappa shape index (κ3) is 3.23. The lowest BCUT2D eigenvalue weighted by atomic mass is 10.0. The Hall–Kier alpha value is -2.99. The zero-order chi connectivity index (χ0) is 17.9. The Balaban J connectivity index is 1.57. The maximum absolute atomic E-state index is 13.1. The number of aryl methyl sites for hydroxylation is 1. The van der Waals surface area contributed by atoms with Crippen molar-refractivity contribution in [3.63, 3.8) is 0 Å². The number of pyridine rings is 1. The van der Waals surface area contributed by atoms with Crippen molar-refractivity contribution in [3.8, 4) is 5.69 Å². The van der Waals surface area contributed by atoms with Gasteiger partial charge in [-0.1, -0.05) is 6.07 Å². The van der Waals surface area contributed by atoms with Crippen molar-refractivity contribution in [1.82, 2.24) is 25.0 Å². The molecule has 1 fully saturated rings. The second kappa shape index (κ2) is 7.09. The van der Waals surface area contributed by atoms with Gasteiger partial charge in [-0.25, -0.2) is 4.68 Å². The molecule has 0 spiro atoms. The topological polar surface area (TPSA) is 63.1 Å². The molecular formula is C20H21N5O. The van der Waals surface area contributed by atoms with E-state index >= 15 is 0 Å². The Bertz CT molecular complexity index is 888. The smallest absolute Gasteiger partial charge is 0.254 e. The highest BCUT2D eigenvalue weighted by Gasteiger charge is 2.28. The molecule has 1 aliphatic rings. The van der Waals surface area contributed by atoms with Gasteiger partial charge >= 0.3 is 0 Å². The number of nitrogens with one attached hydrogen (secondary N) is 1. The summed E-state index contributed by atoms with van der Waals surface area (Å²) in [7, 11) is 0. The Morgan fingerprint density at radius 2 is 2.04 bits per heavy atom. The number of piperazine rings is 1. The number of hydrogen-bond donors (Lipinski definition) is 1. The highest BCUT2D eigenvalue weighted by molar-refractivity contribution is 5.94. The van der Waals surface area contributed by atoms with Gasteiger partial charge in [0.2, 0.25) is 0 Å². The molecule has 1 aromatic carbocycles. The summed E-state index contributed by atoms with van der Waals surface area (Å²) >= 11 is 0. The van der Waals surface area contributed by atoms with E-state index in [9.17, 15) is 4.79 Å². The summed E-state index contributed by atoms with van der Waals surface area (Å²) in [5.41, 5.74) is 3.65. The molecule has 2 aromatic heterocycles. The average Bonchev–Trinajstić information content (AvgIpc) is 3.14. The maximum Gasteiger partial charge on any atom is 0.254 e. The zero-order valence-electron chi connectivity index (χ0n) is 14.7. The van der Waals surface area contributed by atoms with Crippen LogP contribution in [0.25, 0.3) is 5.69 Å². The summed E-state index contributed by atoms with van der Waals surface area (Å²) in [6.07, 6.45) is 5.50. The minimum Gasteiger partial charge on any atom is -0.329 e. The molecule has 1 unspecified atom stereocenters. The molecule has 1 amide bonds. The van der Waals surface area contributed by atoms with Crippen LogP contribution in [0, 0.1) is 6.92 Å². The van der Waals surface area contributed by atoms with Gasteiger partial charge in [0, 0.05) is 43.8 Å². The average molecular weight is 347 g/mol. The first-order chi connectivity index (χ1) is 12.7. The van der Waals surface area contributed by atoms with Crippen molar-refractivity contribution in [3.05, 3.63) is 77.9 Å². The van der Waals surface area contributed by atoms with Crippen LogP contribution >= 0.6 is 0 Å². The molecule has 132 valence electrons. The molecule has 1 atom stereocenters. The predicted octanol–water partition coefficient (Wildman–Crippen LogP) is 2.36. The minimum absolute atomic E-state index is 0.00149. The second-order valence-corrected chi connectivity index (χ2v) is 6.45. The van der Waals surface area contributed by atoms with Crippen molar-refractivity contribution in [1.29, 1.82) is 0 Å². The first-order valence-electron chi connectivity index (χ1n) is 8.77. The third-order valence-corrected chi connectivity index (χ3v) is 4.67. The standard InChI is InChI=1S/C20H21N5O/c1-15-8-11-25(23-15)18-6-4-16(5-7-18)20(26)24-12-10-22-14-19(24)17-3-2-9-21-13-17/h2-9,11,13,19,22H,10,12,14H2,1H3. The fourth-order valence-electron chi connectivity index (χ4n) is 3.30. The van der Waals surface area contributed by atoms with E-state index in [0.29, 0.717) is 12.1 Å². The fourth-order valence-corrected chi connectivity index (χ4v) is 3.30. The molecule has 1 saturated heterocycles. The Morgan fingerprint density at radius 1 is 1.19 bits per heavy atom. The minimum atomic E-state index is -0.00149. The van der Waals surface area contributed by atoms with Crippen LogP contribution in [0.3, 0.4) is 0 Å². The Morgan fingerprint density at radius 3 is 2.73 bits per heavy atom. The van der Waals surface area contributed by atoms with Crippen LogP contribution in [0.5, 0.6) is 0 Å². The highest BCUT2D eigenvalue weighted by Crippen LogP contribution is 2.24. The van der Waals surface area contributed by atoms with Crippen molar-refractivity contribution in [2.45, 2.75) is 13.0 Å². The van der Waals surface area contributed by atoms with E-state index in [1.54, 1.807) is 6.20 Å². The van der Waals surface area contributed by atoms with Crippen molar-refractivity contribution >= 4 is 5.91 Å². The van der Waals surface area contributed by atoms with Gasteiger partial charge in [-0.05, 0) is 48.9 Å². The molecule has 3 aromatic rings. The molecule has 6 nitrogen and oxygen atoms in total. The molecule has 0 bridgehead atoms. The molecule has 1 N–H and O–H groups in total. The summed E-state index contributed by atoms with van der Waals surface area (Å²) in [5, 5.41) is 7.77. The van der Waals surface area contributed by atoms with Crippen LogP contribution < -0.4 is 5.32 Å². The largest absolute Gasteiger partial charge is 0.329 e. The van der Waals surface area contributed by atoms with Gasteiger partial charge < -0.3 is 10.2 Å². The zero-order valence-corrected chi connectivity index (χ0v) is 14.7. The second-order valence-electron chi connectivity index (χ2n) is 6.45.